The van der Waals surface area contributed by atoms with Gasteiger partial charge >= 0.3 is 0 Å². The number of sulfone groups is 1. The Labute approximate surface area is 111 Å². The molecule has 1 aromatic heterocycles. The predicted octanol–water partition coefficient (Wildman–Crippen LogP) is 0.742. The van der Waals surface area contributed by atoms with Crippen molar-refractivity contribution in [3.8, 4) is 0 Å². The highest BCUT2D eigenvalue weighted by Gasteiger charge is 2.31. The number of ether oxygens (including phenoxy) is 1. The largest absolute Gasteiger partial charge is 0.382 e. The second-order valence-corrected chi connectivity index (χ2v) is 7.32. The number of hydrogen-bond acceptors (Lipinski definition) is 7. The lowest BCUT2D eigenvalue weighted by atomic mass is 10.2. The van der Waals surface area contributed by atoms with E-state index in [0.29, 0.717) is 18.2 Å². The zero-order chi connectivity index (χ0) is 13.5. The van der Waals surface area contributed by atoms with Gasteiger partial charge in [-0.05, 0) is 25.4 Å². The van der Waals surface area contributed by atoms with Gasteiger partial charge in [0.25, 0.3) is 0 Å². The van der Waals surface area contributed by atoms with Crippen LogP contribution in [-0.4, -0.2) is 44.3 Å². The molecule has 1 aliphatic heterocycles. The van der Waals surface area contributed by atoms with Crippen LogP contribution < -0.4 is 10.6 Å². The molecular weight excluding hydrogens is 274 g/mol. The zero-order valence-corrected chi connectivity index (χ0v) is 12.2. The lowest BCUT2D eigenvalue weighted by molar-refractivity contribution is 0.0345. The summed E-state index contributed by atoms with van der Waals surface area (Å²) >= 11 is 1.13. The number of rotatable bonds is 2. The molecule has 0 radical (unpaired) electrons. The van der Waals surface area contributed by atoms with Gasteiger partial charge in [0.05, 0.1) is 18.8 Å². The topological polar surface area (TPSA) is 85.5 Å². The zero-order valence-electron chi connectivity index (χ0n) is 10.6. The Bertz CT molecular complexity index is 541. The lowest BCUT2D eigenvalue weighted by Crippen LogP contribution is -2.47. The molecule has 6 nitrogen and oxygen atoms in total. The number of hydrogen-bond donors (Lipinski definition) is 1. The Morgan fingerprint density at radius 3 is 2.78 bits per heavy atom. The number of morpholine rings is 1. The Hall–Kier alpha value is -0.860. The van der Waals surface area contributed by atoms with Crippen molar-refractivity contribution in [2.75, 3.05) is 30.0 Å². The van der Waals surface area contributed by atoms with Gasteiger partial charge in [-0.2, -0.15) is 4.37 Å². The molecule has 1 saturated heterocycles. The Morgan fingerprint density at radius 2 is 2.17 bits per heavy atom. The predicted molar refractivity (Wildman–Crippen MR) is 71.9 cm³/mol. The number of aromatic nitrogens is 1. The van der Waals surface area contributed by atoms with Gasteiger partial charge in [-0.15, -0.1) is 0 Å². The molecule has 1 aromatic rings. The Kier molecular flexibility index (Phi) is 3.52. The Morgan fingerprint density at radius 1 is 1.50 bits per heavy atom. The van der Waals surface area contributed by atoms with E-state index in [1.165, 1.54) is 0 Å². The van der Waals surface area contributed by atoms with Crippen molar-refractivity contribution in [2.24, 2.45) is 0 Å². The van der Waals surface area contributed by atoms with Gasteiger partial charge in [0.2, 0.25) is 0 Å². The lowest BCUT2D eigenvalue weighted by Gasteiger charge is -2.37. The average Bonchev–Trinajstić information content (AvgIpc) is 2.63. The van der Waals surface area contributed by atoms with Crippen LogP contribution in [0.3, 0.4) is 0 Å². The molecule has 0 bridgehead atoms. The van der Waals surface area contributed by atoms with Gasteiger partial charge in [-0.1, -0.05) is 0 Å². The highest BCUT2D eigenvalue weighted by atomic mass is 32.2. The molecule has 2 atom stereocenters. The van der Waals surface area contributed by atoms with E-state index in [-0.39, 0.29) is 22.9 Å². The molecule has 0 aromatic carbocycles. The minimum atomic E-state index is -3.37. The molecule has 2 heterocycles. The summed E-state index contributed by atoms with van der Waals surface area (Å²) in [4.78, 5) is 2.16. The fourth-order valence-corrected chi connectivity index (χ4v) is 4.31. The van der Waals surface area contributed by atoms with Crippen LogP contribution >= 0.6 is 11.5 Å². The van der Waals surface area contributed by atoms with Gasteiger partial charge in [0, 0.05) is 12.8 Å². The van der Waals surface area contributed by atoms with Crippen LogP contribution in [0.25, 0.3) is 0 Å². The quantitative estimate of drug-likeness (QED) is 0.865. The number of nitrogen functional groups attached to an aromatic ring is 1. The molecule has 1 aliphatic rings. The highest BCUT2D eigenvalue weighted by molar-refractivity contribution is 7.91. The molecule has 18 heavy (non-hydrogen) atoms. The Balaban J connectivity index is 2.45. The first-order chi connectivity index (χ1) is 8.30. The van der Waals surface area contributed by atoms with Crippen LogP contribution in [0.1, 0.15) is 13.8 Å². The third-order valence-corrected chi connectivity index (χ3v) is 5.07. The fraction of sp³-hybridized carbons (Fsp3) is 0.700. The summed E-state index contributed by atoms with van der Waals surface area (Å²) in [5, 5.41) is 0.623. The van der Waals surface area contributed by atoms with E-state index in [4.69, 9.17) is 10.5 Å². The first-order valence-corrected chi connectivity index (χ1v) is 8.30. The number of nitrogens with two attached hydrogens (primary N) is 1. The van der Waals surface area contributed by atoms with Crippen LogP contribution in [0.2, 0.25) is 0 Å². The van der Waals surface area contributed by atoms with E-state index in [9.17, 15) is 8.42 Å². The molecule has 2 N–H and O–H groups in total. The molecular formula is C10H17N3O3S2. The van der Waals surface area contributed by atoms with Crippen LogP contribution in [0, 0.1) is 0 Å². The van der Waals surface area contributed by atoms with Crippen LogP contribution in [0.4, 0.5) is 10.8 Å². The van der Waals surface area contributed by atoms with E-state index in [2.05, 4.69) is 4.37 Å². The SMILES string of the molecule is CC1CN(c2snc(N)c2S(C)(=O)=O)C(C)CO1. The van der Waals surface area contributed by atoms with Crippen molar-refractivity contribution in [3.63, 3.8) is 0 Å². The third-order valence-electron chi connectivity index (χ3n) is 2.90. The fourth-order valence-electron chi connectivity index (χ4n) is 2.00. The molecule has 0 aliphatic carbocycles. The van der Waals surface area contributed by atoms with E-state index in [1.54, 1.807) is 0 Å². The number of nitrogens with zero attached hydrogens (tertiary/aromatic N) is 2. The maximum atomic E-state index is 11.8. The van der Waals surface area contributed by atoms with Crippen molar-refractivity contribution >= 4 is 32.2 Å². The van der Waals surface area contributed by atoms with Gasteiger partial charge in [-0.3, -0.25) is 0 Å². The van der Waals surface area contributed by atoms with E-state index in [0.717, 1.165) is 17.8 Å². The second-order valence-electron chi connectivity index (χ2n) is 4.62. The summed E-state index contributed by atoms with van der Waals surface area (Å²) in [6.07, 6.45) is 1.22. The summed E-state index contributed by atoms with van der Waals surface area (Å²) < 4.78 is 33.1. The minimum absolute atomic E-state index is 0.0666. The molecule has 8 heteroatoms. The highest BCUT2D eigenvalue weighted by Crippen LogP contribution is 2.36. The average molecular weight is 291 g/mol. The smallest absolute Gasteiger partial charge is 0.182 e. The van der Waals surface area contributed by atoms with E-state index in [1.807, 2.05) is 18.7 Å². The standard InChI is InChI=1S/C10H17N3O3S2/c1-6-5-16-7(2)4-13(6)10-8(18(3,14)15)9(11)12-17-10/h6-7H,4-5H2,1-3H3,(H2,11,12). The maximum absolute atomic E-state index is 11.8. The third kappa shape index (κ3) is 2.45. The van der Waals surface area contributed by atoms with E-state index >= 15 is 0 Å². The molecule has 0 saturated carbocycles. The summed E-state index contributed by atoms with van der Waals surface area (Å²) in [7, 11) is -3.37. The second kappa shape index (κ2) is 4.67. The van der Waals surface area contributed by atoms with Crippen molar-refractivity contribution in [1.29, 1.82) is 0 Å². The minimum Gasteiger partial charge on any atom is -0.382 e. The number of anilines is 2. The van der Waals surface area contributed by atoms with Crippen LogP contribution in [0.5, 0.6) is 0 Å². The summed E-state index contributed by atoms with van der Waals surface area (Å²) in [5.41, 5.74) is 5.68. The van der Waals surface area contributed by atoms with Crippen LogP contribution in [0.15, 0.2) is 4.90 Å². The van der Waals surface area contributed by atoms with Crippen molar-refractivity contribution in [3.05, 3.63) is 0 Å². The van der Waals surface area contributed by atoms with E-state index < -0.39 is 9.84 Å². The van der Waals surface area contributed by atoms with Crippen molar-refractivity contribution < 1.29 is 13.2 Å². The van der Waals surface area contributed by atoms with Gasteiger partial charge in [0.1, 0.15) is 9.90 Å². The summed E-state index contributed by atoms with van der Waals surface area (Å²) in [5.74, 6) is 0.0869. The first-order valence-electron chi connectivity index (χ1n) is 5.64. The molecule has 0 spiro atoms. The van der Waals surface area contributed by atoms with Gasteiger partial charge < -0.3 is 15.4 Å². The molecule has 102 valence electrons. The summed E-state index contributed by atoms with van der Waals surface area (Å²) in [6.45, 7) is 5.17. The van der Waals surface area contributed by atoms with Crippen molar-refractivity contribution in [1.82, 2.24) is 4.37 Å². The molecule has 0 amide bonds. The van der Waals surface area contributed by atoms with Crippen LogP contribution in [-0.2, 0) is 14.6 Å². The monoisotopic (exact) mass is 291 g/mol. The normalized spacial score (nSPS) is 25.4. The summed E-state index contributed by atoms with van der Waals surface area (Å²) in [6, 6.07) is 0.113. The molecule has 2 rings (SSSR count). The molecule has 2 unspecified atom stereocenters. The molecule has 1 fully saturated rings. The van der Waals surface area contributed by atoms with Gasteiger partial charge in [-0.25, -0.2) is 8.42 Å². The van der Waals surface area contributed by atoms with Gasteiger partial charge in [0.15, 0.2) is 15.7 Å². The van der Waals surface area contributed by atoms with Crippen molar-refractivity contribution in [2.45, 2.75) is 30.9 Å². The first kappa shape index (κ1) is 13.6. The maximum Gasteiger partial charge on any atom is 0.182 e.